The summed E-state index contributed by atoms with van der Waals surface area (Å²) in [7, 11) is 1.55. The van der Waals surface area contributed by atoms with Crippen molar-refractivity contribution in [2.45, 2.75) is 19.9 Å². The third kappa shape index (κ3) is 5.67. The number of hydrogen-bond acceptors (Lipinski definition) is 5. The van der Waals surface area contributed by atoms with Crippen molar-refractivity contribution in [2.75, 3.05) is 13.7 Å². The summed E-state index contributed by atoms with van der Waals surface area (Å²) in [5, 5.41) is 11.6. The molecule has 1 rings (SSSR count). The van der Waals surface area contributed by atoms with Gasteiger partial charge in [0.25, 0.3) is 5.91 Å². The standard InChI is InChI=1S/C16H18N2O4/c1-11(2)18-15(19)10-22-16(20)13(9-17)8-12-4-6-14(21-3)7-5-12/h4-8,11H,10H2,1-3H3,(H,18,19)/b13-8+. The number of rotatable bonds is 6. The van der Waals surface area contributed by atoms with E-state index in [2.05, 4.69) is 5.32 Å². The predicted octanol–water partition coefficient (Wildman–Crippen LogP) is 1.67. The molecule has 0 heterocycles. The maximum Gasteiger partial charge on any atom is 0.349 e. The Bertz CT molecular complexity index is 598. The van der Waals surface area contributed by atoms with Crippen LogP contribution in [0.2, 0.25) is 0 Å². The van der Waals surface area contributed by atoms with Crippen molar-refractivity contribution < 1.29 is 19.1 Å². The largest absolute Gasteiger partial charge is 0.497 e. The number of benzene rings is 1. The maximum absolute atomic E-state index is 11.8. The number of methoxy groups -OCH3 is 1. The molecule has 0 atom stereocenters. The van der Waals surface area contributed by atoms with Gasteiger partial charge >= 0.3 is 5.97 Å². The Balaban J connectivity index is 2.69. The fourth-order valence-electron chi connectivity index (χ4n) is 1.58. The molecule has 1 aromatic carbocycles. The molecule has 6 nitrogen and oxygen atoms in total. The molecule has 0 aromatic heterocycles. The van der Waals surface area contributed by atoms with Gasteiger partial charge in [-0.05, 0) is 37.6 Å². The van der Waals surface area contributed by atoms with Gasteiger partial charge < -0.3 is 14.8 Å². The summed E-state index contributed by atoms with van der Waals surface area (Å²) in [4.78, 5) is 23.2. The summed E-state index contributed by atoms with van der Waals surface area (Å²) in [5.74, 6) is -0.578. The maximum atomic E-state index is 11.8. The highest BCUT2D eigenvalue weighted by atomic mass is 16.5. The van der Waals surface area contributed by atoms with Gasteiger partial charge in [-0.25, -0.2) is 4.79 Å². The number of ether oxygens (including phenoxy) is 2. The van der Waals surface area contributed by atoms with Crippen molar-refractivity contribution >= 4 is 18.0 Å². The fourth-order valence-corrected chi connectivity index (χ4v) is 1.58. The van der Waals surface area contributed by atoms with E-state index < -0.39 is 18.5 Å². The van der Waals surface area contributed by atoms with E-state index in [0.29, 0.717) is 11.3 Å². The molecule has 1 N–H and O–H groups in total. The monoisotopic (exact) mass is 302 g/mol. The number of nitriles is 1. The van der Waals surface area contributed by atoms with Crippen LogP contribution in [0.15, 0.2) is 29.8 Å². The van der Waals surface area contributed by atoms with E-state index in [1.807, 2.05) is 0 Å². The molecular formula is C16H18N2O4. The molecule has 116 valence electrons. The fraction of sp³-hybridized carbons (Fsp3) is 0.312. The zero-order chi connectivity index (χ0) is 16.5. The van der Waals surface area contributed by atoms with Crippen LogP contribution in [0.4, 0.5) is 0 Å². The number of amides is 1. The van der Waals surface area contributed by atoms with Crippen molar-refractivity contribution in [3.63, 3.8) is 0 Å². The van der Waals surface area contributed by atoms with E-state index in [4.69, 9.17) is 14.7 Å². The third-order valence-electron chi connectivity index (χ3n) is 2.55. The first-order valence-electron chi connectivity index (χ1n) is 6.68. The SMILES string of the molecule is COc1ccc(/C=C(\C#N)C(=O)OCC(=O)NC(C)C)cc1. The van der Waals surface area contributed by atoms with Crippen LogP contribution in [0.25, 0.3) is 6.08 Å². The summed E-state index contributed by atoms with van der Waals surface area (Å²) in [6.45, 7) is 3.17. The molecule has 0 bridgehead atoms. The predicted molar refractivity (Wildman–Crippen MR) is 80.8 cm³/mol. The number of carbonyl (C=O) groups excluding carboxylic acids is 2. The van der Waals surface area contributed by atoms with Crippen LogP contribution >= 0.6 is 0 Å². The zero-order valence-corrected chi connectivity index (χ0v) is 12.8. The average molecular weight is 302 g/mol. The molecule has 6 heteroatoms. The highest BCUT2D eigenvalue weighted by Gasteiger charge is 2.13. The molecule has 0 aliphatic heterocycles. The highest BCUT2D eigenvalue weighted by Crippen LogP contribution is 2.14. The molecule has 1 amide bonds. The second kappa shape index (κ2) is 8.47. The lowest BCUT2D eigenvalue weighted by Gasteiger charge is -2.08. The van der Waals surface area contributed by atoms with E-state index in [9.17, 15) is 9.59 Å². The molecular weight excluding hydrogens is 284 g/mol. The van der Waals surface area contributed by atoms with Gasteiger partial charge in [0.2, 0.25) is 0 Å². The minimum atomic E-state index is -0.836. The first-order valence-corrected chi connectivity index (χ1v) is 6.68. The number of nitrogens with zero attached hydrogens (tertiary/aromatic N) is 1. The van der Waals surface area contributed by atoms with Crippen LogP contribution in [0.1, 0.15) is 19.4 Å². The molecule has 0 aliphatic rings. The van der Waals surface area contributed by atoms with Gasteiger partial charge in [0.15, 0.2) is 6.61 Å². The first-order chi connectivity index (χ1) is 10.5. The Morgan fingerprint density at radius 1 is 1.32 bits per heavy atom. The lowest BCUT2D eigenvalue weighted by atomic mass is 10.1. The lowest BCUT2D eigenvalue weighted by molar-refractivity contribution is -0.144. The molecule has 22 heavy (non-hydrogen) atoms. The third-order valence-corrected chi connectivity index (χ3v) is 2.55. The molecule has 0 aliphatic carbocycles. The van der Waals surface area contributed by atoms with Gasteiger partial charge in [0.05, 0.1) is 7.11 Å². The Kier molecular flexibility index (Phi) is 6.64. The Labute approximate surface area is 129 Å². The Morgan fingerprint density at radius 2 is 1.95 bits per heavy atom. The second-order valence-electron chi connectivity index (χ2n) is 4.74. The minimum absolute atomic E-state index is 0.0449. The van der Waals surface area contributed by atoms with Crippen molar-refractivity contribution in [1.29, 1.82) is 5.26 Å². The lowest BCUT2D eigenvalue weighted by Crippen LogP contribution is -2.34. The summed E-state index contributed by atoms with van der Waals surface area (Å²) in [6.07, 6.45) is 1.39. The van der Waals surface area contributed by atoms with E-state index in [-0.39, 0.29) is 11.6 Å². The van der Waals surface area contributed by atoms with Crippen LogP contribution in [0, 0.1) is 11.3 Å². The molecule has 0 saturated heterocycles. The van der Waals surface area contributed by atoms with Crippen molar-refractivity contribution in [1.82, 2.24) is 5.32 Å². The van der Waals surface area contributed by atoms with E-state index in [1.165, 1.54) is 6.08 Å². The number of nitrogens with one attached hydrogen (secondary N) is 1. The number of esters is 1. The van der Waals surface area contributed by atoms with Gasteiger partial charge in [-0.2, -0.15) is 5.26 Å². The molecule has 0 saturated carbocycles. The quantitative estimate of drug-likeness (QED) is 0.490. The van der Waals surface area contributed by atoms with Crippen LogP contribution in [-0.2, 0) is 14.3 Å². The molecule has 0 radical (unpaired) electrons. The van der Waals surface area contributed by atoms with Gasteiger partial charge in [0.1, 0.15) is 17.4 Å². The van der Waals surface area contributed by atoms with Crippen molar-refractivity contribution in [3.05, 3.63) is 35.4 Å². The van der Waals surface area contributed by atoms with E-state index in [0.717, 1.165) is 0 Å². The number of carbonyl (C=O) groups is 2. The van der Waals surface area contributed by atoms with Crippen LogP contribution < -0.4 is 10.1 Å². The average Bonchev–Trinajstić information content (AvgIpc) is 2.50. The summed E-state index contributed by atoms with van der Waals surface area (Å²) < 4.78 is 9.83. The Hall–Kier alpha value is -2.81. The van der Waals surface area contributed by atoms with Crippen LogP contribution in [-0.4, -0.2) is 31.6 Å². The van der Waals surface area contributed by atoms with E-state index in [1.54, 1.807) is 51.3 Å². The highest BCUT2D eigenvalue weighted by molar-refractivity contribution is 5.98. The zero-order valence-electron chi connectivity index (χ0n) is 12.8. The van der Waals surface area contributed by atoms with Gasteiger partial charge in [0, 0.05) is 6.04 Å². The van der Waals surface area contributed by atoms with Crippen molar-refractivity contribution in [2.24, 2.45) is 0 Å². The van der Waals surface area contributed by atoms with Crippen LogP contribution in [0.5, 0.6) is 5.75 Å². The summed E-state index contributed by atoms with van der Waals surface area (Å²) >= 11 is 0. The van der Waals surface area contributed by atoms with E-state index >= 15 is 0 Å². The summed E-state index contributed by atoms with van der Waals surface area (Å²) in [6, 6.07) is 8.55. The van der Waals surface area contributed by atoms with Gasteiger partial charge in [-0.15, -0.1) is 0 Å². The molecule has 0 fully saturated rings. The molecule has 0 unspecified atom stereocenters. The first kappa shape index (κ1) is 17.2. The second-order valence-corrected chi connectivity index (χ2v) is 4.74. The minimum Gasteiger partial charge on any atom is -0.497 e. The van der Waals surface area contributed by atoms with Crippen LogP contribution in [0.3, 0.4) is 0 Å². The van der Waals surface area contributed by atoms with Crippen molar-refractivity contribution in [3.8, 4) is 11.8 Å². The molecule has 0 spiro atoms. The Morgan fingerprint density at radius 3 is 2.45 bits per heavy atom. The topological polar surface area (TPSA) is 88.4 Å². The number of hydrogen-bond donors (Lipinski definition) is 1. The molecule has 1 aromatic rings. The summed E-state index contributed by atoms with van der Waals surface area (Å²) in [5.41, 5.74) is 0.475. The normalized spacial score (nSPS) is 10.8. The smallest absolute Gasteiger partial charge is 0.349 e. The van der Waals surface area contributed by atoms with Gasteiger partial charge in [-0.3, -0.25) is 4.79 Å². The van der Waals surface area contributed by atoms with Gasteiger partial charge in [-0.1, -0.05) is 12.1 Å².